The Kier molecular flexibility index (Phi) is 7.34. The van der Waals surface area contributed by atoms with Crippen LogP contribution in [0.15, 0.2) is 76.9 Å². The lowest BCUT2D eigenvalue weighted by molar-refractivity contribution is 0.162. The third-order valence-electron chi connectivity index (χ3n) is 6.53. The minimum absolute atomic E-state index is 0.0361. The van der Waals surface area contributed by atoms with Gasteiger partial charge in [-0.25, -0.2) is 4.68 Å². The number of hydrogen-bond donors (Lipinski definition) is 1. The van der Waals surface area contributed by atoms with Crippen molar-refractivity contribution in [2.45, 2.75) is 52.4 Å². The van der Waals surface area contributed by atoms with Gasteiger partial charge in [-0.15, -0.1) is 16.4 Å². The van der Waals surface area contributed by atoms with E-state index in [1.54, 1.807) is 11.3 Å². The Balaban J connectivity index is 1.45. The van der Waals surface area contributed by atoms with Crippen LogP contribution in [0.5, 0.6) is 0 Å². The quantitative estimate of drug-likeness (QED) is 0.283. The molecular formula is C28H30N6OS. The van der Waals surface area contributed by atoms with Gasteiger partial charge in [0.2, 0.25) is 0 Å². The molecule has 0 spiro atoms. The van der Waals surface area contributed by atoms with Crippen molar-refractivity contribution in [2.75, 3.05) is 0 Å². The zero-order valence-electron chi connectivity index (χ0n) is 20.6. The number of aryl methyl sites for hydroxylation is 3. The predicted octanol–water partition coefficient (Wildman–Crippen LogP) is 5.28. The highest BCUT2D eigenvalue weighted by Gasteiger charge is 2.26. The molecule has 0 fully saturated rings. The molecule has 0 amide bonds. The number of nitrogens with zero attached hydrogens (tertiary/aromatic N) is 5. The van der Waals surface area contributed by atoms with Crippen LogP contribution in [-0.4, -0.2) is 30.1 Å². The van der Waals surface area contributed by atoms with Crippen LogP contribution >= 0.6 is 11.3 Å². The number of aromatic nitrogens is 5. The number of fused-ring (bicyclic) bond motifs is 1. The molecule has 0 unspecified atom stereocenters. The van der Waals surface area contributed by atoms with Crippen molar-refractivity contribution in [3.8, 4) is 0 Å². The van der Waals surface area contributed by atoms with Crippen molar-refractivity contribution < 1.29 is 0 Å². The number of rotatable bonds is 10. The van der Waals surface area contributed by atoms with Gasteiger partial charge in [-0.3, -0.25) is 9.69 Å². The molecule has 1 atom stereocenters. The van der Waals surface area contributed by atoms with Crippen molar-refractivity contribution in [3.63, 3.8) is 0 Å². The smallest absolute Gasteiger partial charge is 0.252 e. The highest BCUT2D eigenvalue weighted by Crippen LogP contribution is 2.28. The third-order valence-corrected chi connectivity index (χ3v) is 7.39. The van der Waals surface area contributed by atoms with E-state index in [0.29, 0.717) is 19.6 Å². The first kappa shape index (κ1) is 24.1. The van der Waals surface area contributed by atoms with E-state index in [4.69, 9.17) is 0 Å². The second-order valence-electron chi connectivity index (χ2n) is 9.12. The molecule has 0 aliphatic heterocycles. The molecule has 0 saturated heterocycles. The Hall–Kier alpha value is -3.62. The molecule has 0 saturated carbocycles. The predicted molar refractivity (Wildman–Crippen MR) is 144 cm³/mol. The average Bonchev–Trinajstić information content (AvgIpc) is 3.57. The number of benzene rings is 2. The fraction of sp³-hybridized carbons (Fsp3) is 0.286. The summed E-state index contributed by atoms with van der Waals surface area (Å²) in [5.41, 5.74) is 3.93. The van der Waals surface area contributed by atoms with Gasteiger partial charge >= 0.3 is 0 Å². The molecule has 1 N–H and O–H groups in total. The lowest BCUT2D eigenvalue weighted by Gasteiger charge is -2.30. The molecule has 0 aliphatic carbocycles. The van der Waals surface area contributed by atoms with Gasteiger partial charge in [0.25, 0.3) is 5.56 Å². The summed E-state index contributed by atoms with van der Waals surface area (Å²) in [7, 11) is 0. The molecule has 2 aromatic carbocycles. The second-order valence-corrected chi connectivity index (χ2v) is 10.2. The summed E-state index contributed by atoms with van der Waals surface area (Å²) in [6.07, 6.45) is 1.67. The van der Waals surface area contributed by atoms with Crippen LogP contribution in [0.25, 0.3) is 10.9 Å². The number of thiophene rings is 1. The van der Waals surface area contributed by atoms with Crippen molar-refractivity contribution >= 4 is 22.2 Å². The maximum absolute atomic E-state index is 13.1. The monoisotopic (exact) mass is 498 g/mol. The normalized spacial score (nSPS) is 12.4. The first-order chi connectivity index (χ1) is 17.6. The highest BCUT2D eigenvalue weighted by atomic mass is 32.1. The topological polar surface area (TPSA) is 79.7 Å². The molecule has 3 heterocycles. The summed E-state index contributed by atoms with van der Waals surface area (Å²) in [6.45, 7) is 6.09. The maximum atomic E-state index is 13.1. The molecule has 0 aliphatic rings. The van der Waals surface area contributed by atoms with Gasteiger partial charge in [0.15, 0.2) is 5.82 Å². The Morgan fingerprint density at radius 3 is 2.69 bits per heavy atom. The van der Waals surface area contributed by atoms with Gasteiger partial charge in [-0.05, 0) is 70.3 Å². The Morgan fingerprint density at radius 1 is 1.06 bits per heavy atom. The van der Waals surface area contributed by atoms with Gasteiger partial charge < -0.3 is 4.98 Å². The summed E-state index contributed by atoms with van der Waals surface area (Å²) < 4.78 is 1.91. The zero-order chi connectivity index (χ0) is 24.9. The molecule has 5 aromatic rings. The maximum Gasteiger partial charge on any atom is 0.252 e. The fourth-order valence-electron chi connectivity index (χ4n) is 4.67. The first-order valence-electron chi connectivity index (χ1n) is 12.3. The van der Waals surface area contributed by atoms with E-state index in [1.165, 1.54) is 10.4 Å². The lowest BCUT2D eigenvalue weighted by atomic mass is 10.1. The Bertz CT molecular complexity index is 1480. The number of tetrazole rings is 1. The molecule has 36 heavy (non-hydrogen) atoms. The van der Waals surface area contributed by atoms with Crippen LogP contribution in [0.4, 0.5) is 0 Å². The van der Waals surface area contributed by atoms with Gasteiger partial charge in [0.05, 0.1) is 6.04 Å². The minimum atomic E-state index is -0.0530. The summed E-state index contributed by atoms with van der Waals surface area (Å²) in [5.74, 6) is 0.831. The van der Waals surface area contributed by atoms with Crippen molar-refractivity contribution in [2.24, 2.45) is 0 Å². The van der Waals surface area contributed by atoms with Gasteiger partial charge in [-0.1, -0.05) is 55.5 Å². The van der Waals surface area contributed by atoms with E-state index in [0.717, 1.165) is 40.7 Å². The second kappa shape index (κ2) is 11.0. The third kappa shape index (κ3) is 5.45. The number of pyridine rings is 1. The number of hydrogen-bond acceptors (Lipinski definition) is 6. The van der Waals surface area contributed by atoms with E-state index in [1.807, 2.05) is 29.8 Å². The standard InChI is InChI=1S/C28H30N6OS/c1-3-26(27-30-31-32-34(27)14-13-21-8-5-4-6-9-21)33(19-24-10-7-15-36-24)18-23-17-22-12-11-20(2)16-25(22)29-28(23)35/h4-12,15-17,26H,3,13-14,18-19H2,1-2H3,(H,29,35)/t26-/m0/s1. The molecule has 3 aromatic heterocycles. The fourth-order valence-corrected chi connectivity index (χ4v) is 5.40. The molecule has 5 rings (SSSR count). The number of aromatic amines is 1. The van der Waals surface area contributed by atoms with E-state index in [2.05, 4.69) is 86.2 Å². The van der Waals surface area contributed by atoms with Crippen LogP contribution in [0.3, 0.4) is 0 Å². The molecule has 8 heteroatoms. The molecule has 7 nitrogen and oxygen atoms in total. The minimum Gasteiger partial charge on any atom is -0.322 e. The number of H-pyrrole nitrogens is 1. The lowest BCUT2D eigenvalue weighted by Crippen LogP contribution is -2.32. The van der Waals surface area contributed by atoms with Crippen LogP contribution in [0.2, 0.25) is 0 Å². The van der Waals surface area contributed by atoms with Crippen molar-refractivity contribution in [1.82, 2.24) is 30.1 Å². The van der Waals surface area contributed by atoms with Gasteiger partial charge in [-0.2, -0.15) is 0 Å². The van der Waals surface area contributed by atoms with Crippen LogP contribution in [0.1, 0.15) is 46.8 Å². The van der Waals surface area contributed by atoms with Crippen molar-refractivity contribution in [1.29, 1.82) is 0 Å². The van der Waals surface area contributed by atoms with E-state index < -0.39 is 0 Å². The largest absolute Gasteiger partial charge is 0.322 e. The van der Waals surface area contributed by atoms with E-state index in [-0.39, 0.29) is 11.6 Å². The highest BCUT2D eigenvalue weighted by molar-refractivity contribution is 7.09. The van der Waals surface area contributed by atoms with Crippen LogP contribution < -0.4 is 5.56 Å². The van der Waals surface area contributed by atoms with Gasteiger partial charge in [0, 0.05) is 35.6 Å². The average molecular weight is 499 g/mol. The van der Waals surface area contributed by atoms with Crippen molar-refractivity contribution in [3.05, 3.63) is 110 Å². The molecule has 0 bridgehead atoms. The Labute approximate surface area is 214 Å². The Morgan fingerprint density at radius 2 is 1.92 bits per heavy atom. The summed E-state index contributed by atoms with van der Waals surface area (Å²) >= 11 is 1.72. The van der Waals surface area contributed by atoms with E-state index in [9.17, 15) is 4.79 Å². The van der Waals surface area contributed by atoms with E-state index >= 15 is 0 Å². The summed E-state index contributed by atoms with van der Waals surface area (Å²) in [6, 6.07) is 22.7. The number of nitrogens with one attached hydrogen (secondary N) is 1. The summed E-state index contributed by atoms with van der Waals surface area (Å²) in [4.78, 5) is 19.7. The molecule has 0 radical (unpaired) electrons. The molecule has 184 valence electrons. The first-order valence-corrected chi connectivity index (χ1v) is 13.2. The SMILES string of the molecule is CC[C@@H](c1nnnn1CCc1ccccc1)N(Cc1cccs1)Cc1cc2ccc(C)cc2[nH]c1=O. The van der Waals surface area contributed by atoms with Crippen LogP contribution in [-0.2, 0) is 26.1 Å². The van der Waals surface area contributed by atoms with Crippen LogP contribution in [0, 0.1) is 6.92 Å². The zero-order valence-corrected chi connectivity index (χ0v) is 21.4. The summed E-state index contributed by atoms with van der Waals surface area (Å²) in [5, 5.41) is 15.9. The molecular weight excluding hydrogens is 468 g/mol. The van der Waals surface area contributed by atoms with Gasteiger partial charge in [0.1, 0.15) is 0 Å².